The molecular formula is C20H28N2O. The van der Waals surface area contributed by atoms with Crippen LogP contribution < -0.4 is 11.3 Å². The van der Waals surface area contributed by atoms with Gasteiger partial charge in [0.25, 0.3) is 0 Å². The standard InChI is InChI=1S/C20H28N2O/c1-3-5-6-16(14-20(23)22-21)11-17-8-10-18-12-15(4-2)7-9-19(18)13-17/h7-10,12-13,16H,3-6,11,14,21H2,1-2H3,(H,22,23)/t16-/m0/s1. The fraction of sp³-hybridized carbons (Fsp3) is 0.450. The van der Waals surface area contributed by atoms with Crippen molar-refractivity contribution in [3.05, 3.63) is 47.5 Å². The van der Waals surface area contributed by atoms with Gasteiger partial charge in [0.05, 0.1) is 0 Å². The van der Waals surface area contributed by atoms with Crippen molar-refractivity contribution in [3.63, 3.8) is 0 Å². The third kappa shape index (κ3) is 5.07. The zero-order valence-corrected chi connectivity index (χ0v) is 14.3. The van der Waals surface area contributed by atoms with Crippen LogP contribution in [-0.4, -0.2) is 5.91 Å². The molecular weight excluding hydrogens is 284 g/mol. The number of benzene rings is 2. The number of fused-ring (bicyclic) bond motifs is 1. The van der Waals surface area contributed by atoms with Gasteiger partial charge in [-0.15, -0.1) is 0 Å². The predicted octanol–water partition coefficient (Wildman–Crippen LogP) is 4.13. The highest BCUT2D eigenvalue weighted by molar-refractivity contribution is 5.84. The summed E-state index contributed by atoms with van der Waals surface area (Å²) in [5.41, 5.74) is 4.93. The van der Waals surface area contributed by atoms with E-state index in [1.807, 2.05) is 0 Å². The van der Waals surface area contributed by atoms with E-state index in [-0.39, 0.29) is 5.91 Å². The average molecular weight is 312 g/mol. The zero-order valence-electron chi connectivity index (χ0n) is 14.3. The zero-order chi connectivity index (χ0) is 16.7. The van der Waals surface area contributed by atoms with Crippen molar-refractivity contribution in [3.8, 4) is 0 Å². The predicted molar refractivity (Wildman–Crippen MR) is 97.0 cm³/mol. The lowest BCUT2D eigenvalue weighted by atomic mass is 9.90. The van der Waals surface area contributed by atoms with E-state index in [4.69, 9.17) is 5.84 Å². The summed E-state index contributed by atoms with van der Waals surface area (Å²) < 4.78 is 0. The lowest BCUT2D eigenvalue weighted by molar-refractivity contribution is -0.122. The Balaban J connectivity index is 2.14. The molecule has 0 saturated heterocycles. The molecule has 0 bridgehead atoms. The van der Waals surface area contributed by atoms with E-state index < -0.39 is 0 Å². The van der Waals surface area contributed by atoms with E-state index in [1.165, 1.54) is 21.9 Å². The Labute approximate surface area is 139 Å². The summed E-state index contributed by atoms with van der Waals surface area (Å²) in [6.45, 7) is 4.36. The molecule has 0 fully saturated rings. The summed E-state index contributed by atoms with van der Waals surface area (Å²) in [6, 6.07) is 13.3. The highest BCUT2D eigenvalue weighted by Crippen LogP contribution is 2.23. The van der Waals surface area contributed by atoms with E-state index in [9.17, 15) is 4.79 Å². The number of nitrogens with two attached hydrogens (primary N) is 1. The molecule has 0 unspecified atom stereocenters. The number of nitrogens with one attached hydrogen (secondary N) is 1. The average Bonchev–Trinajstić information content (AvgIpc) is 2.58. The Kier molecular flexibility index (Phi) is 6.60. The third-order valence-electron chi connectivity index (χ3n) is 4.50. The second-order valence-electron chi connectivity index (χ2n) is 6.35. The number of aryl methyl sites for hydroxylation is 1. The maximum atomic E-state index is 11.6. The number of amides is 1. The summed E-state index contributed by atoms with van der Waals surface area (Å²) in [7, 11) is 0. The molecule has 2 aromatic rings. The van der Waals surface area contributed by atoms with Crippen molar-refractivity contribution in [2.75, 3.05) is 0 Å². The van der Waals surface area contributed by atoms with Crippen molar-refractivity contribution in [1.29, 1.82) is 0 Å². The van der Waals surface area contributed by atoms with Crippen molar-refractivity contribution in [2.45, 2.75) is 52.4 Å². The van der Waals surface area contributed by atoms with E-state index >= 15 is 0 Å². The molecule has 1 amide bonds. The van der Waals surface area contributed by atoms with Gasteiger partial charge in [-0.05, 0) is 47.1 Å². The van der Waals surface area contributed by atoms with Crippen LogP contribution in [0.4, 0.5) is 0 Å². The Morgan fingerprint density at radius 3 is 2.35 bits per heavy atom. The van der Waals surface area contributed by atoms with Gasteiger partial charge in [0.15, 0.2) is 0 Å². The second kappa shape index (κ2) is 8.68. The highest BCUT2D eigenvalue weighted by atomic mass is 16.2. The number of unbranched alkanes of at least 4 members (excludes halogenated alkanes) is 1. The number of hydrogen-bond acceptors (Lipinski definition) is 2. The minimum absolute atomic E-state index is 0.0699. The van der Waals surface area contributed by atoms with Crippen LogP contribution in [0.3, 0.4) is 0 Å². The first-order chi connectivity index (χ1) is 11.2. The summed E-state index contributed by atoms with van der Waals surface area (Å²) in [5.74, 6) is 5.53. The van der Waals surface area contributed by atoms with E-state index in [2.05, 4.69) is 55.7 Å². The van der Waals surface area contributed by atoms with Crippen molar-refractivity contribution >= 4 is 16.7 Å². The minimum Gasteiger partial charge on any atom is -0.294 e. The van der Waals surface area contributed by atoms with Crippen LogP contribution in [-0.2, 0) is 17.6 Å². The Bertz CT molecular complexity index is 651. The summed E-state index contributed by atoms with van der Waals surface area (Å²) in [6.07, 6.45) is 5.86. The van der Waals surface area contributed by atoms with Gasteiger partial charge in [-0.3, -0.25) is 10.2 Å². The first-order valence-corrected chi connectivity index (χ1v) is 8.67. The smallest absolute Gasteiger partial charge is 0.234 e. The molecule has 124 valence electrons. The fourth-order valence-corrected chi connectivity index (χ4v) is 3.12. The van der Waals surface area contributed by atoms with E-state index in [1.54, 1.807) is 0 Å². The minimum atomic E-state index is -0.0699. The first-order valence-electron chi connectivity index (χ1n) is 8.67. The number of rotatable bonds is 8. The number of carbonyl (C=O) groups excluding carboxylic acids is 1. The molecule has 2 aromatic carbocycles. The number of hydrogen-bond donors (Lipinski definition) is 2. The number of carbonyl (C=O) groups is 1. The number of hydrazine groups is 1. The van der Waals surface area contributed by atoms with Crippen LogP contribution in [0.2, 0.25) is 0 Å². The largest absolute Gasteiger partial charge is 0.294 e. The molecule has 0 aromatic heterocycles. The maximum absolute atomic E-state index is 11.6. The molecule has 2 rings (SSSR count). The second-order valence-corrected chi connectivity index (χ2v) is 6.35. The lowest BCUT2D eigenvalue weighted by Gasteiger charge is -2.16. The van der Waals surface area contributed by atoms with Crippen molar-refractivity contribution < 1.29 is 4.79 Å². The molecule has 0 aliphatic rings. The molecule has 0 spiro atoms. The van der Waals surface area contributed by atoms with Crippen molar-refractivity contribution in [1.82, 2.24) is 5.43 Å². The quantitative estimate of drug-likeness (QED) is 0.437. The van der Waals surface area contributed by atoms with Gasteiger partial charge in [-0.25, -0.2) is 5.84 Å². The molecule has 3 nitrogen and oxygen atoms in total. The SMILES string of the molecule is CCCC[C@H](CC(=O)NN)Cc1ccc2cc(CC)ccc2c1. The van der Waals surface area contributed by atoms with E-state index in [0.717, 1.165) is 32.1 Å². The molecule has 0 aliphatic carbocycles. The molecule has 23 heavy (non-hydrogen) atoms. The van der Waals surface area contributed by atoms with Crippen LogP contribution in [0.5, 0.6) is 0 Å². The summed E-state index contributed by atoms with van der Waals surface area (Å²) in [5, 5.41) is 2.56. The Morgan fingerprint density at radius 1 is 1.09 bits per heavy atom. The van der Waals surface area contributed by atoms with Crippen LogP contribution in [0.1, 0.15) is 50.7 Å². The van der Waals surface area contributed by atoms with Gasteiger partial charge in [-0.2, -0.15) is 0 Å². The first kappa shape index (κ1) is 17.5. The summed E-state index contributed by atoms with van der Waals surface area (Å²) >= 11 is 0. The fourth-order valence-electron chi connectivity index (χ4n) is 3.12. The monoisotopic (exact) mass is 312 g/mol. The van der Waals surface area contributed by atoms with Gasteiger partial charge in [0.1, 0.15) is 0 Å². The van der Waals surface area contributed by atoms with Gasteiger partial charge in [0.2, 0.25) is 5.91 Å². The molecule has 1 atom stereocenters. The van der Waals surface area contributed by atoms with Crippen molar-refractivity contribution in [2.24, 2.45) is 11.8 Å². The van der Waals surface area contributed by atoms with E-state index in [0.29, 0.717) is 12.3 Å². The maximum Gasteiger partial charge on any atom is 0.234 e. The van der Waals surface area contributed by atoms with Gasteiger partial charge < -0.3 is 0 Å². The Morgan fingerprint density at radius 2 is 1.74 bits per heavy atom. The van der Waals surface area contributed by atoms with Crippen LogP contribution >= 0.6 is 0 Å². The van der Waals surface area contributed by atoms with Gasteiger partial charge >= 0.3 is 0 Å². The van der Waals surface area contributed by atoms with Crippen LogP contribution in [0.25, 0.3) is 10.8 Å². The molecule has 0 aliphatic heterocycles. The molecule has 0 heterocycles. The third-order valence-corrected chi connectivity index (χ3v) is 4.50. The Hall–Kier alpha value is -1.87. The highest BCUT2D eigenvalue weighted by Gasteiger charge is 2.14. The topological polar surface area (TPSA) is 55.1 Å². The van der Waals surface area contributed by atoms with Gasteiger partial charge in [-0.1, -0.05) is 63.1 Å². The molecule has 3 N–H and O–H groups in total. The van der Waals surface area contributed by atoms with Gasteiger partial charge in [0, 0.05) is 6.42 Å². The normalized spacial score (nSPS) is 12.3. The molecule has 0 radical (unpaired) electrons. The summed E-state index contributed by atoms with van der Waals surface area (Å²) in [4.78, 5) is 11.6. The molecule has 0 saturated carbocycles. The van der Waals surface area contributed by atoms with Crippen LogP contribution in [0, 0.1) is 5.92 Å². The lowest BCUT2D eigenvalue weighted by Crippen LogP contribution is -2.32. The van der Waals surface area contributed by atoms with Crippen LogP contribution in [0.15, 0.2) is 36.4 Å². The molecule has 3 heteroatoms.